The number of carbonyl (C=O) groups is 2. The Hall–Kier alpha value is -3.62. The van der Waals surface area contributed by atoms with Crippen molar-refractivity contribution < 1.29 is 27.5 Å². The van der Waals surface area contributed by atoms with Crippen LogP contribution >= 0.6 is 0 Å². The topological polar surface area (TPSA) is 71.5 Å². The Morgan fingerprint density at radius 2 is 1.90 bits per heavy atom. The molecule has 2 heterocycles. The molecule has 1 aliphatic rings. The van der Waals surface area contributed by atoms with Gasteiger partial charge < -0.3 is 15.0 Å². The zero-order valence-electron chi connectivity index (χ0n) is 15.5. The summed E-state index contributed by atoms with van der Waals surface area (Å²) in [4.78, 5) is 30.9. The molecule has 30 heavy (non-hydrogen) atoms. The number of alkyl halides is 3. The number of fused-ring (bicyclic) bond motifs is 1. The number of para-hydroxylation sites is 1. The smallest absolute Gasteiger partial charge is 0.406 e. The van der Waals surface area contributed by atoms with Gasteiger partial charge in [-0.05, 0) is 30.7 Å². The summed E-state index contributed by atoms with van der Waals surface area (Å²) < 4.78 is 41.2. The fourth-order valence-electron chi connectivity index (χ4n) is 3.34. The fourth-order valence-corrected chi connectivity index (χ4v) is 3.34. The minimum absolute atomic E-state index is 0.181. The first-order valence-electron chi connectivity index (χ1n) is 9.14. The number of anilines is 1. The SMILES string of the molecule is O=C(N[C@@H]1CCN(c2cccc(OC(F)(F)F)c2)C1=O)c1ccc2ccccc2n1. The quantitative estimate of drug-likeness (QED) is 0.706. The average Bonchev–Trinajstić information content (AvgIpc) is 3.06. The van der Waals surface area contributed by atoms with E-state index in [1.165, 1.54) is 17.0 Å². The molecule has 0 bridgehead atoms. The molecule has 0 saturated carbocycles. The number of nitrogens with zero attached hydrogens (tertiary/aromatic N) is 2. The molecule has 1 fully saturated rings. The minimum atomic E-state index is -4.82. The lowest BCUT2D eigenvalue weighted by atomic mass is 10.2. The van der Waals surface area contributed by atoms with Crippen LogP contribution in [0.25, 0.3) is 10.9 Å². The number of hydrogen-bond donors (Lipinski definition) is 1. The number of rotatable bonds is 4. The van der Waals surface area contributed by atoms with Crippen molar-refractivity contribution in [3.05, 3.63) is 66.4 Å². The molecule has 1 saturated heterocycles. The van der Waals surface area contributed by atoms with Gasteiger partial charge in [-0.2, -0.15) is 0 Å². The normalized spacial score (nSPS) is 16.7. The number of ether oxygens (including phenoxy) is 1. The summed E-state index contributed by atoms with van der Waals surface area (Å²) in [5.41, 5.74) is 1.11. The Morgan fingerprint density at radius 3 is 2.70 bits per heavy atom. The monoisotopic (exact) mass is 415 g/mol. The molecule has 0 aliphatic carbocycles. The Bertz CT molecular complexity index is 1120. The second-order valence-corrected chi connectivity index (χ2v) is 6.74. The number of hydrogen-bond acceptors (Lipinski definition) is 4. The molecule has 1 atom stereocenters. The van der Waals surface area contributed by atoms with Gasteiger partial charge in [0.25, 0.3) is 5.91 Å². The highest BCUT2D eigenvalue weighted by Crippen LogP contribution is 2.29. The van der Waals surface area contributed by atoms with Gasteiger partial charge in [0.15, 0.2) is 0 Å². The second kappa shape index (κ2) is 7.66. The van der Waals surface area contributed by atoms with Crippen LogP contribution in [0.3, 0.4) is 0 Å². The van der Waals surface area contributed by atoms with Gasteiger partial charge in [-0.1, -0.05) is 30.3 Å². The number of carbonyl (C=O) groups excluding carboxylic acids is 2. The molecule has 1 aromatic heterocycles. The van der Waals surface area contributed by atoms with Gasteiger partial charge in [0, 0.05) is 23.7 Å². The highest BCUT2D eigenvalue weighted by atomic mass is 19.4. The van der Waals surface area contributed by atoms with Crippen LogP contribution in [-0.4, -0.2) is 35.7 Å². The fraction of sp³-hybridized carbons (Fsp3) is 0.190. The summed E-state index contributed by atoms with van der Waals surface area (Å²) >= 11 is 0. The van der Waals surface area contributed by atoms with Crippen molar-refractivity contribution in [2.45, 2.75) is 18.8 Å². The molecule has 1 N–H and O–H groups in total. The molecule has 9 heteroatoms. The molecule has 2 aromatic carbocycles. The van der Waals surface area contributed by atoms with E-state index in [1.54, 1.807) is 18.2 Å². The van der Waals surface area contributed by atoms with Crippen molar-refractivity contribution in [1.82, 2.24) is 10.3 Å². The molecule has 4 rings (SSSR count). The third-order valence-electron chi connectivity index (χ3n) is 4.70. The van der Waals surface area contributed by atoms with Gasteiger partial charge >= 0.3 is 6.36 Å². The number of amides is 2. The van der Waals surface area contributed by atoms with Gasteiger partial charge in [0.2, 0.25) is 5.91 Å². The Labute approximate surface area is 169 Å². The molecule has 2 amide bonds. The molecule has 3 aromatic rings. The second-order valence-electron chi connectivity index (χ2n) is 6.74. The van der Waals surface area contributed by atoms with Crippen LogP contribution in [-0.2, 0) is 4.79 Å². The number of aromatic nitrogens is 1. The summed E-state index contributed by atoms with van der Waals surface area (Å²) in [5, 5.41) is 3.55. The van der Waals surface area contributed by atoms with E-state index in [4.69, 9.17) is 0 Å². The maximum absolute atomic E-state index is 12.7. The average molecular weight is 415 g/mol. The van der Waals surface area contributed by atoms with Crippen molar-refractivity contribution in [1.29, 1.82) is 0 Å². The van der Waals surface area contributed by atoms with Crippen LogP contribution in [0.1, 0.15) is 16.9 Å². The van der Waals surface area contributed by atoms with E-state index >= 15 is 0 Å². The van der Waals surface area contributed by atoms with E-state index in [0.29, 0.717) is 11.9 Å². The number of nitrogens with one attached hydrogen (secondary N) is 1. The summed E-state index contributed by atoms with van der Waals surface area (Å²) in [6.45, 7) is 0.254. The van der Waals surface area contributed by atoms with E-state index in [1.807, 2.05) is 18.2 Å². The first-order valence-corrected chi connectivity index (χ1v) is 9.14. The van der Waals surface area contributed by atoms with Crippen LogP contribution in [0.5, 0.6) is 5.75 Å². The zero-order chi connectivity index (χ0) is 21.3. The van der Waals surface area contributed by atoms with Crippen molar-refractivity contribution in [2.24, 2.45) is 0 Å². The van der Waals surface area contributed by atoms with Gasteiger partial charge in [-0.15, -0.1) is 13.2 Å². The van der Waals surface area contributed by atoms with Crippen LogP contribution in [0, 0.1) is 0 Å². The third-order valence-corrected chi connectivity index (χ3v) is 4.70. The molecule has 1 aliphatic heterocycles. The predicted molar refractivity (Wildman–Crippen MR) is 103 cm³/mol. The van der Waals surface area contributed by atoms with Crippen molar-refractivity contribution in [2.75, 3.05) is 11.4 Å². The maximum atomic E-state index is 12.7. The summed E-state index contributed by atoms with van der Waals surface area (Å²) in [7, 11) is 0. The van der Waals surface area contributed by atoms with Gasteiger partial charge in [0.05, 0.1) is 5.52 Å². The zero-order valence-corrected chi connectivity index (χ0v) is 15.5. The van der Waals surface area contributed by atoms with Crippen LogP contribution in [0.4, 0.5) is 18.9 Å². The highest BCUT2D eigenvalue weighted by molar-refractivity contribution is 6.04. The molecular weight excluding hydrogens is 399 g/mol. The van der Waals surface area contributed by atoms with Crippen LogP contribution in [0.2, 0.25) is 0 Å². The predicted octanol–water partition coefficient (Wildman–Crippen LogP) is 3.67. The first kappa shape index (κ1) is 19.7. The minimum Gasteiger partial charge on any atom is -0.406 e. The lowest BCUT2D eigenvalue weighted by Crippen LogP contribution is -2.41. The number of halogens is 3. The molecule has 0 unspecified atom stereocenters. The number of pyridine rings is 1. The van der Waals surface area contributed by atoms with E-state index < -0.39 is 30.0 Å². The van der Waals surface area contributed by atoms with Gasteiger partial charge in [0.1, 0.15) is 17.5 Å². The van der Waals surface area contributed by atoms with Crippen molar-refractivity contribution in [3.8, 4) is 5.75 Å². The molecule has 6 nitrogen and oxygen atoms in total. The lowest BCUT2D eigenvalue weighted by Gasteiger charge is -2.18. The lowest BCUT2D eigenvalue weighted by molar-refractivity contribution is -0.274. The maximum Gasteiger partial charge on any atom is 0.573 e. The van der Waals surface area contributed by atoms with E-state index in [2.05, 4.69) is 15.0 Å². The van der Waals surface area contributed by atoms with Crippen LogP contribution in [0.15, 0.2) is 60.7 Å². The molecule has 0 spiro atoms. The summed E-state index contributed by atoms with van der Waals surface area (Å²) in [5.74, 6) is -1.32. The highest BCUT2D eigenvalue weighted by Gasteiger charge is 2.35. The number of benzene rings is 2. The molecular formula is C21H16F3N3O3. The van der Waals surface area contributed by atoms with Crippen molar-refractivity contribution in [3.63, 3.8) is 0 Å². The van der Waals surface area contributed by atoms with Gasteiger partial charge in [-0.25, -0.2) is 4.98 Å². The Morgan fingerprint density at radius 1 is 1.10 bits per heavy atom. The summed E-state index contributed by atoms with van der Waals surface area (Å²) in [6, 6.07) is 15.1. The van der Waals surface area contributed by atoms with E-state index in [9.17, 15) is 22.8 Å². The molecule has 154 valence electrons. The molecule has 0 radical (unpaired) electrons. The largest absolute Gasteiger partial charge is 0.573 e. The Balaban J connectivity index is 1.46. The van der Waals surface area contributed by atoms with Crippen LogP contribution < -0.4 is 15.0 Å². The summed E-state index contributed by atoms with van der Waals surface area (Å²) in [6.07, 6.45) is -4.50. The Kier molecular flexibility index (Phi) is 5.03. The van der Waals surface area contributed by atoms with E-state index in [0.717, 1.165) is 17.5 Å². The van der Waals surface area contributed by atoms with E-state index in [-0.39, 0.29) is 17.9 Å². The van der Waals surface area contributed by atoms with Crippen molar-refractivity contribution >= 4 is 28.4 Å². The third kappa shape index (κ3) is 4.19. The first-order chi connectivity index (χ1) is 14.3. The standard InChI is InChI=1S/C21H16F3N3O3/c22-21(23,24)30-15-6-3-5-14(12-15)27-11-10-18(20(27)29)26-19(28)17-9-8-13-4-1-2-7-16(13)25-17/h1-9,12,18H,10-11H2,(H,26,28)/t18-/m1/s1. The van der Waals surface area contributed by atoms with Gasteiger partial charge in [-0.3, -0.25) is 9.59 Å².